The van der Waals surface area contributed by atoms with Crippen molar-refractivity contribution in [3.8, 4) is 0 Å². The number of aromatic nitrogens is 2. The summed E-state index contributed by atoms with van der Waals surface area (Å²) in [6.45, 7) is 8.65. The first-order valence-corrected chi connectivity index (χ1v) is 7.56. The summed E-state index contributed by atoms with van der Waals surface area (Å²) in [6.07, 6.45) is 0.982. The van der Waals surface area contributed by atoms with Crippen LogP contribution in [0.25, 0.3) is 0 Å². The van der Waals surface area contributed by atoms with Gasteiger partial charge in [-0.05, 0) is 13.8 Å². The van der Waals surface area contributed by atoms with Crippen molar-refractivity contribution >= 4 is 11.6 Å². The molecule has 2 atom stereocenters. The number of hydrogen-bond donors (Lipinski definition) is 1. The molecule has 1 fully saturated rings. The summed E-state index contributed by atoms with van der Waals surface area (Å²) in [5, 5.41) is 3.32. The van der Waals surface area contributed by atoms with Crippen LogP contribution in [0.3, 0.4) is 0 Å². The Labute approximate surface area is 126 Å². The summed E-state index contributed by atoms with van der Waals surface area (Å²) >= 11 is 0. The zero-order valence-electron chi connectivity index (χ0n) is 13.6. The van der Waals surface area contributed by atoms with Crippen molar-refractivity contribution in [3.05, 3.63) is 11.4 Å². The van der Waals surface area contributed by atoms with Crippen molar-refractivity contribution in [1.82, 2.24) is 9.97 Å². The van der Waals surface area contributed by atoms with Crippen LogP contribution in [-0.2, 0) is 15.9 Å². The fourth-order valence-corrected chi connectivity index (χ4v) is 2.73. The van der Waals surface area contributed by atoms with E-state index in [0.717, 1.165) is 49.1 Å². The van der Waals surface area contributed by atoms with E-state index in [1.165, 1.54) is 0 Å². The van der Waals surface area contributed by atoms with Crippen molar-refractivity contribution in [3.63, 3.8) is 0 Å². The van der Waals surface area contributed by atoms with Gasteiger partial charge in [0, 0.05) is 45.8 Å². The zero-order chi connectivity index (χ0) is 15.4. The van der Waals surface area contributed by atoms with Gasteiger partial charge in [-0.15, -0.1) is 0 Å². The SMILES string of the molecule is CCNc1nc(CC)nc(N2CC(OC)C(OC)C2)c1C. The van der Waals surface area contributed by atoms with E-state index in [9.17, 15) is 0 Å². The minimum absolute atomic E-state index is 0.0806. The van der Waals surface area contributed by atoms with Gasteiger partial charge in [0.15, 0.2) is 0 Å². The first-order valence-electron chi connectivity index (χ1n) is 7.56. The highest BCUT2D eigenvalue weighted by Crippen LogP contribution is 2.28. The lowest BCUT2D eigenvalue weighted by molar-refractivity contribution is -0.00461. The van der Waals surface area contributed by atoms with Gasteiger partial charge < -0.3 is 19.7 Å². The summed E-state index contributed by atoms with van der Waals surface area (Å²) in [4.78, 5) is 11.5. The molecule has 6 heteroatoms. The monoisotopic (exact) mass is 294 g/mol. The van der Waals surface area contributed by atoms with Gasteiger partial charge in [0.2, 0.25) is 0 Å². The highest BCUT2D eigenvalue weighted by molar-refractivity contribution is 5.59. The van der Waals surface area contributed by atoms with Gasteiger partial charge in [-0.1, -0.05) is 6.92 Å². The summed E-state index contributed by atoms with van der Waals surface area (Å²) in [5.41, 5.74) is 1.08. The molecule has 0 bridgehead atoms. The van der Waals surface area contributed by atoms with E-state index in [0.29, 0.717) is 0 Å². The molecule has 0 aliphatic carbocycles. The molecule has 1 aromatic heterocycles. The summed E-state index contributed by atoms with van der Waals surface area (Å²) in [6, 6.07) is 0. The Morgan fingerprint density at radius 2 is 1.76 bits per heavy atom. The van der Waals surface area contributed by atoms with Crippen LogP contribution in [0.15, 0.2) is 0 Å². The third-order valence-corrected chi connectivity index (χ3v) is 3.95. The second-order valence-corrected chi connectivity index (χ2v) is 5.27. The van der Waals surface area contributed by atoms with Crippen molar-refractivity contribution in [2.45, 2.75) is 39.4 Å². The number of nitrogens with zero attached hydrogens (tertiary/aromatic N) is 3. The largest absolute Gasteiger partial charge is 0.377 e. The minimum atomic E-state index is 0.0806. The Morgan fingerprint density at radius 3 is 2.24 bits per heavy atom. The predicted octanol–water partition coefficient (Wildman–Crippen LogP) is 1.63. The van der Waals surface area contributed by atoms with E-state index in [4.69, 9.17) is 14.5 Å². The predicted molar refractivity (Wildman–Crippen MR) is 84.1 cm³/mol. The number of anilines is 2. The lowest BCUT2D eigenvalue weighted by atomic mass is 10.2. The molecule has 118 valence electrons. The molecule has 1 aliphatic heterocycles. The van der Waals surface area contributed by atoms with Crippen LogP contribution in [0.5, 0.6) is 0 Å². The van der Waals surface area contributed by atoms with Crippen LogP contribution in [0.1, 0.15) is 25.2 Å². The quantitative estimate of drug-likeness (QED) is 0.860. The lowest BCUT2D eigenvalue weighted by Crippen LogP contribution is -2.27. The average Bonchev–Trinajstić information content (AvgIpc) is 2.92. The van der Waals surface area contributed by atoms with Crippen molar-refractivity contribution in [2.75, 3.05) is 44.1 Å². The first kappa shape index (κ1) is 16.0. The highest BCUT2D eigenvalue weighted by Gasteiger charge is 2.34. The lowest BCUT2D eigenvalue weighted by Gasteiger charge is -2.21. The normalized spacial score (nSPS) is 21.9. The number of rotatable bonds is 6. The molecule has 1 saturated heterocycles. The number of nitrogens with one attached hydrogen (secondary N) is 1. The van der Waals surface area contributed by atoms with Gasteiger partial charge in [-0.25, -0.2) is 9.97 Å². The van der Waals surface area contributed by atoms with Crippen LogP contribution in [0.2, 0.25) is 0 Å². The maximum Gasteiger partial charge on any atom is 0.137 e. The van der Waals surface area contributed by atoms with E-state index in [2.05, 4.69) is 36.0 Å². The molecule has 0 amide bonds. The van der Waals surface area contributed by atoms with Crippen molar-refractivity contribution in [2.24, 2.45) is 0 Å². The standard InChI is InChI=1S/C15H26N4O2/c1-6-13-17-14(16-7-2)10(3)15(18-13)19-8-11(20-4)12(9-19)21-5/h11-12H,6-9H2,1-5H3,(H,16,17,18). The van der Waals surface area contributed by atoms with Crippen LogP contribution in [-0.4, -0.2) is 56.0 Å². The molecule has 21 heavy (non-hydrogen) atoms. The Balaban J connectivity index is 2.32. The van der Waals surface area contributed by atoms with Gasteiger partial charge in [-0.3, -0.25) is 0 Å². The molecule has 6 nitrogen and oxygen atoms in total. The minimum Gasteiger partial charge on any atom is -0.377 e. The second-order valence-electron chi connectivity index (χ2n) is 5.27. The topological polar surface area (TPSA) is 59.5 Å². The molecule has 0 aromatic carbocycles. The molecule has 1 aliphatic rings. The van der Waals surface area contributed by atoms with E-state index in [1.54, 1.807) is 14.2 Å². The van der Waals surface area contributed by atoms with Gasteiger partial charge in [0.25, 0.3) is 0 Å². The molecule has 2 heterocycles. The number of hydrogen-bond acceptors (Lipinski definition) is 6. The van der Waals surface area contributed by atoms with Gasteiger partial charge in [-0.2, -0.15) is 0 Å². The first-order chi connectivity index (χ1) is 10.1. The Bertz CT molecular complexity index is 469. The second kappa shape index (κ2) is 7.04. The van der Waals surface area contributed by atoms with Crippen molar-refractivity contribution < 1.29 is 9.47 Å². The van der Waals surface area contributed by atoms with Crippen molar-refractivity contribution in [1.29, 1.82) is 0 Å². The fraction of sp³-hybridized carbons (Fsp3) is 0.733. The number of aryl methyl sites for hydroxylation is 1. The zero-order valence-corrected chi connectivity index (χ0v) is 13.6. The highest BCUT2D eigenvalue weighted by atomic mass is 16.5. The van der Waals surface area contributed by atoms with Crippen LogP contribution in [0.4, 0.5) is 11.6 Å². The smallest absolute Gasteiger partial charge is 0.137 e. The van der Waals surface area contributed by atoms with E-state index in [-0.39, 0.29) is 12.2 Å². The van der Waals surface area contributed by atoms with E-state index < -0.39 is 0 Å². The van der Waals surface area contributed by atoms with Crippen LogP contribution < -0.4 is 10.2 Å². The molecule has 1 aromatic rings. The van der Waals surface area contributed by atoms with E-state index in [1.807, 2.05) is 0 Å². The summed E-state index contributed by atoms with van der Waals surface area (Å²) in [7, 11) is 3.46. The van der Waals surface area contributed by atoms with E-state index >= 15 is 0 Å². The fourth-order valence-electron chi connectivity index (χ4n) is 2.73. The molecule has 0 saturated carbocycles. The maximum atomic E-state index is 5.51. The van der Waals surface area contributed by atoms with Gasteiger partial charge >= 0.3 is 0 Å². The molecule has 2 rings (SSSR count). The molecular weight excluding hydrogens is 268 g/mol. The average molecular weight is 294 g/mol. The molecule has 1 N–H and O–H groups in total. The maximum absolute atomic E-state index is 5.51. The Morgan fingerprint density at radius 1 is 1.14 bits per heavy atom. The molecule has 2 unspecified atom stereocenters. The third kappa shape index (κ3) is 3.27. The van der Waals surface area contributed by atoms with Crippen LogP contribution >= 0.6 is 0 Å². The number of methoxy groups -OCH3 is 2. The Hall–Kier alpha value is -1.40. The summed E-state index contributed by atoms with van der Waals surface area (Å²) < 4.78 is 11.0. The Kier molecular flexibility index (Phi) is 5.36. The summed E-state index contributed by atoms with van der Waals surface area (Å²) in [5.74, 6) is 2.77. The third-order valence-electron chi connectivity index (χ3n) is 3.95. The number of ether oxygens (including phenoxy) is 2. The van der Waals surface area contributed by atoms with Gasteiger partial charge in [0.05, 0.1) is 0 Å². The van der Waals surface area contributed by atoms with Gasteiger partial charge in [0.1, 0.15) is 29.7 Å². The molecule has 0 spiro atoms. The molecular formula is C15H26N4O2. The molecule has 0 radical (unpaired) electrons. The van der Waals surface area contributed by atoms with Crippen LogP contribution in [0, 0.1) is 6.92 Å².